The van der Waals surface area contributed by atoms with Crippen LogP contribution < -0.4 is 11.1 Å². The van der Waals surface area contributed by atoms with Gasteiger partial charge >= 0.3 is 0 Å². The Balaban J connectivity index is 2.34. The molecule has 0 saturated heterocycles. The molecule has 1 aromatic rings. The summed E-state index contributed by atoms with van der Waals surface area (Å²) in [6, 6.07) is 6.90. The Hall–Kier alpha value is -0.860. The van der Waals surface area contributed by atoms with Crippen LogP contribution in [-0.2, 0) is 0 Å². The topological polar surface area (TPSA) is 38.0 Å². The highest BCUT2D eigenvalue weighted by atomic mass is 15.0. The molecule has 2 heteroatoms. The molecule has 1 saturated carbocycles. The smallest absolute Gasteiger partial charge is 0.0503 e. The molecule has 1 aliphatic rings. The predicted molar refractivity (Wildman–Crippen MR) is 63.9 cm³/mol. The van der Waals surface area contributed by atoms with Gasteiger partial charge in [0.2, 0.25) is 0 Å². The molecule has 1 unspecified atom stereocenters. The lowest BCUT2D eigenvalue weighted by Crippen LogP contribution is -2.38. The zero-order chi connectivity index (χ0) is 11.1. The molecular weight excluding hydrogens is 184 g/mol. The molecule has 1 aromatic carbocycles. The summed E-state index contributed by atoms with van der Waals surface area (Å²) < 4.78 is 0. The second-order valence-electron chi connectivity index (χ2n) is 4.81. The van der Waals surface area contributed by atoms with Crippen molar-refractivity contribution in [3.63, 3.8) is 0 Å². The summed E-state index contributed by atoms with van der Waals surface area (Å²) >= 11 is 0. The molecule has 3 N–H and O–H groups in total. The fraction of sp³-hybridized carbons (Fsp3) is 0.538. The second-order valence-corrected chi connectivity index (χ2v) is 4.81. The van der Waals surface area contributed by atoms with Gasteiger partial charge < -0.3 is 11.1 Å². The van der Waals surface area contributed by atoms with E-state index in [1.807, 2.05) is 7.05 Å². The Morgan fingerprint density at radius 3 is 2.47 bits per heavy atom. The lowest BCUT2D eigenvalue weighted by atomic mass is 9.93. The largest absolute Gasteiger partial charge is 0.323 e. The van der Waals surface area contributed by atoms with Crippen molar-refractivity contribution in [1.29, 1.82) is 0 Å². The van der Waals surface area contributed by atoms with Crippen molar-refractivity contribution in [2.24, 2.45) is 5.73 Å². The molecule has 1 fully saturated rings. The van der Waals surface area contributed by atoms with Gasteiger partial charge in [-0.3, -0.25) is 0 Å². The summed E-state index contributed by atoms with van der Waals surface area (Å²) in [5.74, 6) is 0. The van der Waals surface area contributed by atoms with E-state index in [0.29, 0.717) is 6.04 Å². The van der Waals surface area contributed by atoms with E-state index in [9.17, 15) is 0 Å². The minimum Gasteiger partial charge on any atom is -0.323 e. The van der Waals surface area contributed by atoms with Crippen LogP contribution in [0.3, 0.4) is 0 Å². The van der Waals surface area contributed by atoms with Gasteiger partial charge in [0.15, 0.2) is 0 Å². The molecule has 0 radical (unpaired) electrons. The van der Waals surface area contributed by atoms with Gasteiger partial charge in [0.25, 0.3) is 0 Å². The molecule has 82 valence electrons. The average molecular weight is 204 g/mol. The van der Waals surface area contributed by atoms with Crippen LogP contribution in [0.2, 0.25) is 0 Å². The van der Waals surface area contributed by atoms with Crippen molar-refractivity contribution in [3.8, 4) is 0 Å². The minimum atomic E-state index is -0.00519. The van der Waals surface area contributed by atoms with E-state index >= 15 is 0 Å². The first kappa shape index (κ1) is 10.7. The van der Waals surface area contributed by atoms with E-state index in [1.165, 1.54) is 16.7 Å². The summed E-state index contributed by atoms with van der Waals surface area (Å²) in [6.07, 6.45) is 2.26. The van der Waals surface area contributed by atoms with Gasteiger partial charge in [-0.1, -0.05) is 23.8 Å². The number of likely N-dealkylation sites (N-methyl/N-ethyl adjacent to an activating group) is 1. The molecule has 15 heavy (non-hydrogen) atoms. The average Bonchev–Trinajstić information content (AvgIpc) is 2.90. The van der Waals surface area contributed by atoms with E-state index in [4.69, 9.17) is 5.73 Å². The molecule has 0 spiro atoms. The standard InChI is InChI=1S/C13H20N2/c1-9-4-5-11(10(2)8-9)12(15-3)13(14)6-7-13/h4-5,8,12,15H,6-7,14H2,1-3H3. The first-order chi connectivity index (χ1) is 7.07. The molecular formula is C13H20N2. The fourth-order valence-electron chi connectivity index (χ4n) is 2.34. The van der Waals surface area contributed by atoms with Crippen LogP contribution in [0.15, 0.2) is 18.2 Å². The second kappa shape index (κ2) is 3.62. The number of hydrogen-bond acceptors (Lipinski definition) is 2. The van der Waals surface area contributed by atoms with Crippen molar-refractivity contribution >= 4 is 0 Å². The van der Waals surface area contributed by atoms with E-state index in [0.717, 1.165) is 12.8 Å². The highest BCUT2D eigenvalue weighted by molar-refractivity contribution is 5.36. The number of benzene rings is 1. The lowest BCUT2D eigenvalue weighted by molar-refractivity contribution is 0.459. The number of hydrogen-bond donors (Lipinski definition) is 2. The van der Waals surface area contributed by atoms with Gasteiger partial charge in [0.1, 0.15) is 0 Å². The van der Waals surface area contributed by atoms with Crippen molar-refractivity contribution < 1.29 is 0 Å². The van der Waals surface area contributed by atoms with Crippen molar-refractivity contribution in [1.82, 2.24) is 5.32 Å². The zero-order valence-electron chi connectivity index (χ0n) is 9.80. The maximum Gasteiger partial charge on any atom is 0.0503 e. The first-order valence-corrected chi connectivity index (χ1v) is 5.60. The Kier molecular flexibility index (Phi) is 2.57. The third kappa shape index (κ3) is 1.92. The van der Waals surface area contributed by atoms with Gasteiger partial charge in [-0.15, -0.1) is 0 Å². The van der Waals surface area contributed by atoms with Gasteiger partial charge in [-0.05, 0) is 44.9 Å². The molecule has 0 amide bonds. The Morgan fingerprint density at radius 1 is 1.33 bits per heavy atom. The van der Waals surface area contributed by atoms with Crippen molar-refractivity contribution in [3.05, 3.63) is 34.9 Å². The molecule has 0 aromatic heterocycles. The van der Waals surface area contributed by atoms with Crippen LogP contribution in [0.1, 0.15) is 35.6 Å². The molecule has 2 nitrogen and oxygen atoms in total. The molecule has 1 aliphatic carbocycles. The minimum absolute atomic E-state index is 0.00519. The molecule has 0 aliphatic heterocycles. The summed E-state index contributed by atoms with van der Waals surface area (Å²) in [5, 5.41) is 3.36. The Bertz CT molecular complexity index is 367. The Morgan fingerprint density at radius 2 is 2.00 bits per heavy atom. The number of nitrogens with one attached hydrogen (secondary N) is 1. The van der Waals surface area contributed by atoms with Crippen molar-refractivity contribution in [2.45, 2.75) is 38.3 Å². The van der Waals surface area contributed by atoms with Crippen LogP contribution in [0.25, 0.3) is 0 Å². The fourth-order valence-corrected chi connectivity index (χ4v) is 2.34. The predicted octanol–water partition coefficient (Wildman–Crippen LogP) is 2.06. The lowest BCUT2D eigenvalue weighted by Gasteiger charge is -2.25. The van der Waals surface area contributed by atoms with Crippen LogP contribution in [0, 0.1) is 13.8 Å². The van der Waals surface area contributed by atoms with Crippen LogP contribution in [0.4, 0.5) is 0 Å². The Labute approximate surface area is 91.9 Å². The third-order valence-electron chi connectivity index (χ3n) is 3.43. The van der Waals surface area contributed by atoms with Crippen LogP contribution >= 0.6 is 0 Å². The van der Waals surface area contributed by atoms with E-state index in [-0.39, 0.29) is 5.54 Å². The van der Waals surface area contributed by atoms with E-state index in [2.05, 4.69) is 37.4 Å². The van der Waals surface area contributed by atoms with E-state index in [1.54, 1.807) is 0 Å². The van der Waals surface area contributed by atoms with Gasteiger partial charge in [0.05, 0.1) is 6.04 Å². The monoisotopic (exact) mass is 204 g/mol. The molecule has 0 heterocycles. The summed E-state index contributed by atoms with van der Waals surface area (Å²) in [5.41, 5.74) is 10.3. The maximum atomic E-state index is 6.28. The van der Waals surface area contributed by atoms with Crippen molar-refractivity contribution in [2.75, 3.05) is 7.05 Å². The van der Waals surface area contributed by atoms with Gasteiger partial charge in [-0.25, -0.2) is 0 Å². The van der Waals surface area contributed by atoms with Crippen LogP contribution in [-0.4, -0.2) is 12.6 Å². The molecule has 0 bridgehead atoms. The quantitative estimate of drug-likeness (QED) is 0.791. The van der Waals surface area contributed by atoms with E-state index < -0.39 is 0 Å². The number of aryl methyl sites for hydroxylation is 2. The number of nitrogens with two attached hydrogens (primary N) is 1. The highest BCUT2D eigenvalue weighted by Gasteiger charge is 2.46. The molecule has 1 atom stereocenters. The summed E-state index contributed by atoms with van der Waals surface area (Å²) in [6.45, 7) is 4.29. The summed E-state index contributed by atoms with van der Waals surface area (Å²) in [4.78, 5) is 0. The third-order valence-corrected chi connectivity index (χ3v) is 3.43. The summed E-state index contributed by atoms with van der Waals surface area (Å²) in [7, 11) is 2.00. The zero-order valence-corrected chi connectivity index (χ0v) is 9.80. The maximum absolute atomic E-state index is 6.28. The molecule has 2 rings (SSSR count). The van der Waals surface area contributed by atoms with Crippen LogP contribution in [0.5, 0.6) is 0 Å². The van der Waals surface area contributed by atoms with Gasteiger partial charge in [0, 0.05) is 5.54 Å². The highest BCUT2D eigenvalue weighted by Crippen LogP contribution is 2.44. The SMILES string of the molecule is CNC(c1ccc(C)cc1C)C1(N)CC1. The normalized spacial score (nSPS) is 20.0. The van der Waals surface area contributed by atoms with Gasteiger partial charge in [-0.2, -0.15) is 0 Å². The number of rotatable bonds is 3. The first-order valence-electron chi connectivity index (χ1n) is 5.60.